The van der Waals surface area contributed by atoms with Gasteiger partial charge in [-0.25, -0.2) is 4.79 Å². The predicted octanol–water partition coefficient (Wildman–Crippen LogP) is 2.81. The van der Waals surface area contributed by atoms with Crippen LogP contribution in [-0.2, 0) is 0 Å². The SMILES string of the molecule is Cc1cc(=O)oc2cc(Oc3nc4ccccn4c(=O)c3[N+](=O)[O-])ccc12. The van der Waals surface area contributed by atoms with Gasteiger partial charge in [-0.15, -0.1) is 0 Å². The molecule has 0 saturated heterocycles. The Morgan fingerprint density at radius 2 is 2.00 bits per heavy atom. The average Bonchev–Trinajstić information content (AvgIpc) is 2.61. The van der Waals surface area contributed by atoms with E-state index in [1.807, 2.05) is 0 Å². The summed E-state index contributed by atoms with van der Waals surface area (Å²) in [6.45, 7) is 1.76. The molecule has 0 aliphatic carbocycles. The van der Waals surface area contributed by atoms with Gasteiger partial charge in [0.05, 0.1) is 4.92 Å². The number of pyridine rings is 1. The normalized spacial score (nSPS) is 11.0. The second-order valence-corrected chi connectivity index (χ2v) is 5.77. The van der Waals surface area contributed by atoms with Crippen molar-refractivity contribution in [3.8, 4) is 11.6 Å². The molecule has 134 valence electrons. The largest absolute Gasteiger partial charge is 0.433 e. The molecule has 0 N–H and O–H groups in total. The van der Waals surface area contributed by atoms with E-state index in [4.69, 9.17) is 9.15 Å². The van der Waals surface area contributed by atoms with Crippen molar-refractivity contribution >= 4 is 22.3 Å². The van der Waals surface area contributed by atoms with Crippen LogP contribution in [0.15, 0.2) is 62.7 Å². The van der Waals surface area contributed by atoms with E-state index in [-0.39, 0.29) is 17.0 Å². The van der Waals surface area contributed by atoms with Crippen LogP contribution in [0, 0.1) is 17.0 Å². The van der Waals surface area contributed by atoms with Crippen molar-refractivity contribution in [2.45, 2.75) is 6.92 Å². The molecule has 0 unspecified atom stereocenters. The monoisotopic (exact) mass is 365 g/mol. The Morgan fingerprint density at radius 3 is 2.78 bits per heavy atom. The van der Waals surface area contributed by atoms with Gasteiger partial charge in [-0.1, -0.05) is 6.07 Å². The lowest BCUT2D eigenvalue weighted by atomic mass is 10.1. The molecular weight excluding hydrogens is 354 g/mol. The van der Waals surface area contributed by atoms with E-state index in [0.717, 1.165) is 9.96 Å². The van der Waals surface area contributed by atoms with Crippen LogP contribution < -0.4 is 15.9 Å². The Bertz CT molecular complexity index is 1340. The van der Waals surface area contributed by atoms with Gasteiger partial charge in [0, 0.05) is 23.7 Å². The molecule has 27 heavy (non-hydrogen) atoms. The van der Waals surface area contributed by atoms with Crippen LogP contribution in [0.25, 0.3) is 16.6 Å². The summed E-state index contributed by atoms with van der Waals surface area (Å²) in [7, 11) is 0. The molecule has 0 bridgehead atoms. The van der Waals surface area contributed by atoms with E-state index in [1.165, 1.54) is 24.4 Å². The molecule has 1 aromatic carbocycles. The van der Waals surface area contributed by atoms with Crippen LogP contribution in [-0.4, -0.2) is 14.3 Å². The number of hydrogen-bond donors (Lipinski definition) is 0. The molecule has 3 heterocycles. The Morgan fingerprint density at radius 1 is 1.19 bits per heavy atom. The fourth-order valence-corrected chi connectivity index (χ4v) is 2.77. The molecule has 4 rings (SSSR count). The molecule has 0 aliphatic rings. The summed E-state index contributed by atoms with van der Waals surface area (Å²) < 4.78 is 11.7. The number of nitrogens with zero attached hydrogens (tertiary/aromatic N) is 3. The first-order chi connectivity index (χ1) is 12.9. The van der Waals surface area contributed by atoms with E-state index in [2.05, 4.69) is 4.98 Å². The van der Waals surface area contributed by atoms with Crippen LogP contribution in [0.4, 0.5) is 5.69 Å². The fraction of sp³-hybridized carbons (Fsp3) is 0.0556. The third-order valence-corrected chi connectivity index (χ3v) is 4.00. The molecule has 0 saturated carbocycles. The third-order valence-electron chi connectivity index (χ3n) is 4.00. The molecule has 0 atom stereocenters. The van der Waals surface area contributed by atoms with E-state index in [1.54, 1.807) is 31.2 Å². The van der Waals surface area contributed by atoms with Gasteiger partial charge in [0.2, 0.25) is 0 Å². The minimum absolute atomic E-state index is 0.145. The van der Waals surface area contributed by atoms with Crippen molar-refractivity contribution in [2.75, 3.05) is 0 Å². The highest BCUT2D eigenvalue weighted by Crippen LogP contribution is 2.29. The van der Waals surface area contributed by atoms with Gasteiger partial charge >= 0.3 is 22.8 Å². The first-order valence-electron chi connectivity index (χ1n) is 7.82. The number of ether oxygens (including phenoxy) is 1. The minimum Gasteiger partial charge on any atom is -0.433 e. The molecule has 0 aliphatic heterocycles. The van der Waals surface area contributed by atoms with Crippen LogP contribution >= 0.6 is 0 Å². The Hall–Kier alpha value is -4.01. The maximum Gasteiger partial charge on any atom is 0.396 e. The number of nitro groups is 1. The molecule has 0 spiro atoms. The number of rotatable bonds is 3. The number of aryl methyl sites for hydroxylation is 1. The van der Waals surface area contributed by atoms with Crippen LogP contribution in [0.2, 0.25) is 0 Å². The zero-order valence-corrected chi connectivity index (χ0v) is 13.9. The molecule has 4 aromatic rings. The minimum atomic E-state index is -0.858. The molecule has 0 radical (unpaired) electrons. The van der Waals surface area contributed by atoms with Crippen LogP contribution in [0.5, 0.6) is 11.6 Å². The third kappa shape index (κ3) is 2.80. The lowest BCUT2D eigenvalue weighted by molar-refractivity contribution is -0.387. The first-order valence-corrected chi connectivity index (χ1v) is 7.82. The maximum atomic E-state index is 12.4. The van der Waals surface area contributed by atoms with E-state index >= 15 is 0 Å². The smallest absolute Gasteiger partial charge is 0.396 e. The van der Waals surface area contributed by atoms with Crippen LogP contribution in [0.3, 0.4) is 0 Å². The summed E-state index contributed by atoms with van der Waals surface area (Å²) in [5.74, 6) is -0.294. The standard InChI is InChI=1S/C18H11N3O6/c1-10-8-15(22)27-13-9-11(5-6-12(10)13)26-17-16(21(24)25)18(23)20-7-3-2-4-14(20)19-17/h2-9H,1H3. The molecular formula is C18H11N3O6. The van der Waals surface area contributed by atoms with Crippen molar-refractivity contribution in [3.63, 3.8) is 0 Å². The van der Waals surface area contributed by atoms with Gasteiger partial charge in [0.1, 0.15) is 17.0 Å². The number of aromatic nitrogens is 2. The predicted molar refractivity (Wildman–Crippen MR) is 95.4 cm³/mol. The van der Waals surface area contributed by atoms with Gasteiger partial charge in [-0.05, 0) is 36.8 Å². The summed E-state index contributed by atoms with van der Waals surface area (Å²) in [6, 6.07) is 10.7. The summed E-state index contributed by atoms with van der Waals surface area (Å²) in [4.78, 5) is 38.6. The van der Waals surface area contributed by atoms with E-state index in [9.17, 15) is 19.7 Å². The Kier molecular flexibility index (Phi) is 3.69. The summed E-state index contributed by atoms with van der Waals surface area (Å²) in [5.41, 5.74) is -0.983. The molecule has 9 nitrogen and oxygen atoms in total. The molecule has 9 heteroatoms. The zero-order valence-electron chi connectivity index (χ0n) is 13.9. The Labute approximate surface area is 150 Å². The van der Waals surface area contributed by atoms with E-state index in [0.29, 0.717) is 5.39 Å². The highest BCUT2D eigenvalue weighted by molar-refractivity contribution is 5.81. The topological polar surface area (TPSA) is 117 Å². The quantitative estimate of drug-likeness (QED) is 0.311. The fourth-order valence-electron chi connectivity index (χ4n) is 2.77. The van der Waals surface area contributed by atoms with Gasteiger partial charge in [0.15, 0.2) is 0 Å². The van der Waals surface area contributed by atoms with Crippen LogP contribution in [0.1, 0.15) is 5.56 Å². The highest BCUT2D eigenvalue weighted by atomic mass is 16.6. The van der Waals surface area contributed by atoms with Crippen molar-refractivity contribution < 1.29 is 14.1 Å². The molecule has 3 aromatic heterocycles. The van der Waals surface area contributed by atoms with Crippen molar-refractivity contribution in [1.29, 1.82) is 0 Å². The van der Waals surface area contributed by atoms with Gasteiger partial charge in [-0.3, -0.25) is 19.3 Å². The second kappa shape index (κ2) is 6.06. The number of benzene rings is 1. The van der Waals surface area contributed by atoms with Gasteiger partial charge in [-0.2, -0.15) is 4.98 Å². The second-order valence-electron chi connectivity index (χ2n) is 5.77. The summed E-state index contributed by atoms with van der Waals surface area (Å²) in [5, 5.41) is 12.1. The zero-order chi connectivity index (χ0) is 19.1. The first kappa shape index (κ1) is 16.5. The highest BCUT2D eigenvalue weighted by Gasteiger charge is 2.25. The van der Waals surface area contributed by atoms with Gasteiger partial charge in [0.25, 0.3) is 0 Å². The van der Waals surface area contributed by atoms with E-state index < -0.39 is 27.7 Å². The molecule has 0 fully saturated rings. The number of fused-ring (bicyclic) bond motifs is 2. The average molecular weight is 365 g/mol. The van der Waals surface area contributed by atoms with Crippen molar-refractivity contribution in [1.82, 2.24) is 9.38 Å². The Balaban J connectivity index is 1.89. The summed E-state index contributed by atoms with van der Waals surface area (Å²) in [6.07, 6.45) is 1.38. The number of hydrogen-bond acceptors (Lipinski definition) is 7. The van der Waals surface area contributed by atoms with Crippen molar-refractivity contribution in [2.24, 2.45) is 0 Å². The lowest BCUT2D eigenvalue weighted by Crippen LogP contribution is -2.19. The van der Waals surface area contributed by atoms with Gasteiger partial charge < -0.3 is 9.15 Å². The maximum absolute atomic E-state index is 12.4. The van der Waals surface area contributed by atoms with Crippen molar-refractivity contribution in [3.05, 3.63) is 85.1 Å². The summed E-state index contributed by atoms with van der Waals surface area (Å²) >= 11 is 0. The lowest BCUT2D eigenvalue weighted by Gasteiger charge is -2.08. The molecule has 0 amide bonds.